The van der Waals surface area contributed by atoms with E-state index in [4.69, 9.17) is 14.2 Å². The number of carbonyl (C=O) groups is 2. The summed E-state index contributed by atoms with van der Waals surface area (Å²) in [6, 6.07) is 11.0. The molecule has 2 N–H and O–H groups in total. The first-order valence-electron chi connectivity index (χ1n) is 8.57. The number of nitrogens with zero attached hydrogens (tertiary/aromatic N) is 1. The molecule has 0 aromatic heterocycles. The van der Waals surface area contributed by atoms with Crippen LogP contribution in [0.3, 0.4) is 0 Å². The van der Waals surface area contributed by atoms with Gasteiger partial charge in [-0.3, -0.25) is 19.7 Å². The number of hydrogen-bond acceptors (Lipinski definition) is 7. The topological polar surface area (TPSA) is 129 Å². The molecule has 10 nitrogen and oxygen atoms in total. The summed E-state index contributed by atoms with van der Waals surface area (Å²) in [5, 5.41) is 16.4. The van der Waals surface area contributed by atoms with Gasteiger partial charge in [0.15, 0.2) is 11.5 Å². The second-order valence-corrected chi connectivity index (χ2v) is 5.72. The Bertz CT molecular complexity index is 872. The average molecular weight is 403 g/mol. The molecule has 0 heterocycles. The highest BCUT2D eigenvalue weighted by atomic mass is 16.6. The van der Waals surface area contributed by atoms with Crippen molar-refractivity contribution in [1.29, 1.82) is 0 Å². The van der Waals surface area contributed by atoms with Crippen molar-refractivity contribution in [3.63, 3.8) is 0 Å². The van der Waals surface area contributed by atoms with Crippen molar-refractivity contribution >= 4 is 23.2 Å². The number of benzene rings is 2. The van der Waals surface area contributed by atoms with Crippen LogP contribution in [-0.4, -0.2) is 50.7 Å². The molecule has 0 aliphatic carbocycles. The number of hydrogen-bond donors (Lipinski definition) is 2. The Kier molecular flexibility index (Phi) is 7.92. The standard InChI is InChI=1S/C19H21N3O7/c1-27-8-9-29-17-11-15(22(25)26)14(10-16(17)28-2)19(24)20-12-18(23)21-13-6-4-3-5-7-13/h3-7,10-11H,8-9,12H2,1-2H3,(H,20,24)(H,21,23). The highest BCUT2D eigenvalue weighted by Gasteiger charge is 2.25. The summed E-state index contributed by atoms with van der Waals surface area (Å²) in [5.41, 5.74) is -0.158. The summed E-state index contributed by atoms with van der Waals surface area (Å²) in [5.74, 6) is -1.01. The molecule has 0 aliphatic heterocycles. The van der Waals surface area contributed by atoms with Crippen molar-refractivity contribution in [2.45, 2.75) is 0 Å². The summed E-state index contributed by atoms with van der Waals surface area (Å²) in [6.07, 6.45) is 0. The Labute approximate surface area is 166 Å². The number of amides is 2. The van der Waals surface area contributed by atoms with Gasteiger partial charge < -0.3 is 24.8 Å². The Morgan fingerprint density at radius 3 is 2.41 bits per heavy atom. The first-order chi connectivity index (χ1) is 14.0. The van der Waals surface area contributed by atoms with Gasteiger partial charge in [-0.25, -0.2) is 0 Å². The maximum atomic E-state index is 12.5. The van der Waals surface area contributed by atoms with E-state index in [2.05, 4.69) is 10.6 Å². The van der Waals surface area contributed by atoms with Gasteiger partial charge in [-0.15, -0.1) is 0 Å². The number of nitro groups is 1. The molecule has 2 amide bonds. The van der Waals surface area contributed by atoms with Crippen LogP contribution >= 0.6 is 0 Å². The number of nitro benzene ring substituents is 1. The van der Waals surface area contributed by atoms with E-state index in [0.717, 1.165) is 6.07 Å². The summed E-state index contributed by atoms with van der Waals surface area (Å²) in [6.45, 7) is 0.0597. The predicted molar refractivity (Wildman–Crippen MR) is 104 cm³/mol. The number of carbonyl (C=O) groups excluding carboxylic acids is 2. The van der Waals surface area contributed by atoms with Crippen LogP contribution in [0.2, 0.25) is 0 Å². The molecule has 0 atom stereocenters. The molecular weight excluding hydrogens is 382 g/mol. The minimum atomic E-state index is -0.790. The third kappa shape index (κ3) is 6.18. The van der Waals surface area contributed by atoms with E-state index in [1.165, 1.54) is 20.3 Å². The zero-order valence-corrected chi connectivity index (χ0v) is 16.0. The minimum absolute atomic E-state index is 0.106. The lowest BCUT2D eigenvalue weighted by Gasteiger charge is -2.13. The molecule has 2 rings (SSSR count). The summed E-state index contributed by atoms with van der Waals surface area (Å²) in [4.78, 5) is 35.1. The highest BCUT2D eigenvalue weighted by Crippen LogP contribution is 2.34. The molecule has 0 spiro atoms. The zero-order valence-electron chi connectivity index (χ0n) is 16.0. The highest BCUT2D eigenvalue weighted by molar-refractivity contribution is 6.02. The first-order valence-corrected chi connectivity index (χ1v) is 8.57. The fourth-order valence-electron chi connectivity index (χ4n) is 2.37. The fraction of sp³-hybridized carbons (Fsp3) is 0.263. The van der Waals surface area contributed by atoms with Gasteiger partial charge in [-0.1, -0.05) is 18.2 Å². The first kappa shape index (κ1) is 21.6. The van der Waals surface area contributed by atoms with E-state index >= 15 is 0 Å². The van der Waals surface area contributed by atoms with E-state index in [1.54, 1.807) is 30.3 Å². The number of anilines is 1. The third-order valence-corrected chi connectivity index (χ3v) is 3.74. The summed E-state index contributed by atoms with van der Waals surface area (Å²) in [7, 11) is 2.84. The van der Waals surface area contributed by atoms with Gasteiger partial charge in [0.05, 0.1) is 31.3 Å². The van der Waals surface area contributed by atoms with Gasteiger partial charge in [0.2, 0.25) is 5.91 Å². The molecule has 0 bridgehead atoms. The number of nitrogens with one attached hydrogen (secondary N) is 2. The Morgan fingerprint density at radius 2 is 1.79 bits per heavy atom. The van der Waals surface area contributed by atoms with Crippen LogP contribution in [0.25, 0.3) is 0 Å². The van der Waals surface area contributed by atoms with Crippen molar-refractivity contribution < 1.29 is 28.7 Å². The molecule has 0 radical (unpaired) electrons. The maximum absolute atomic E-state index is 12.5. The molecule has 0 fully saturated rings. The Balaban J connectivity index is 2.13. The molecule has 0 unspecified atom stereocenters. The van der Waals surface area contributed by atoms with E-state index in [0.29, 0.717) is 5.69 Å². The van der Waals surface area contributed by atoms with Crippen LogP contribution in [-0.2, 0) is 9.53 Å². The largest absolute Gasteiger partial charge is 0.493 e. The van der Waals surface area contributed by atoms with E-state index in [-0.39, 0.29) is 36.8 Å². The monoisotopic (exact) mass is 403 g/mol. The normalized spacial score (nSPS) is 10.1. The molecular formula is C19H21N3O7. The average Bonchev–Trinajstić information content (AvgIpc) is 2.72. The molecule has 0 saturated heterocycles. The van der Waals surface area contributed by atoms with Gasteiger partial charge >= 0.3 is 0 Å². The molecule has 0 aliphatic rings. The van der Waals surface area contributed by atoms with E-state index < -0.39 is 22.4 Å². The van der Waals surface area contributed by atoms with Crippen LogP contribution in [0.15, 0.2) is 42.5 Å². The Morgan fingerprint density at radius 1 is 1.07 bits per heavy atom. The lowest BCUT2D eigenvalue weighted by atomic mass is 10.1. The van der Waals surface area contributed by atoms with Gasteiger partial charge in [0.25, 0.3) is 11.6 Å². The van der Waals surface area contributed by atoms with Crippen LogP contribution in [0.1, 0.15) is 10.4 Å². The van der Waals surface area contributed by atoms with E-state index in [1.807, 2.05) is 0 Å². The van der Waals surface area contributed by atoms with Gasteiger partial charge in [0, 0.05) is 18.9 Å². The molecule has 2 aromatic carbocycles. The smallest absolute Gasteiger partial charge is 0.286 e. The van der Waals surface area contributed by atoms with E-state index in [9.17, 15) is 19.7 Å². The molecule has 10 heteroatoms. The second kappa shape index (κ2) is 10.6. The number of ether oxygens (including phenoxy) is 3. The predicted octanol–water partition coefficient (Wildman–Crippen LogP) is 2.00. The van der Waals surface area contributed by atoms with Crippen LogP contribution in [0.5, 0.6) is 11.5 Å². The zero-order chi connectivity index (χ0) is 21.2. The molecule has 0 saturated carbocycles. The number of para-hydroxylation sites is 1. The number of rotatable bonds is 10. The third-order valence-electron chi connectivity index (χ3n) is 3.74. The summed E-state index contributed by atoms with van der Waals surface area (Å²) < 4.78 is 15.4. The Hall–Kier alpha value is -3.66. The second-order valence-electron chi connectivity index (χ2n) is 5.72. The van der Waals surface area contributed by atoms with Gasteiger partial charge in [-0.2, -0.15) is 0 Å². The van der Waals surface area contributed by atoms with Crippen LogP contribution < -0.4 is 20.1 Å². The van der Waals surface area contributed by atoms with Crippen molar-refractivity contribution in [1.82, 2.24) is 5.32 Å². The van der Waals surface area contributed by atoms with Crippen LogP contribution in [0, 0.1) is 10.1 Å². The molecule has 154 valence electrons. The minimum Gasteiger partial charge on any atom is -0.493 e. The lowest BCUT2D eigenvalue weighted by molar-refractivity contribution is -0.385. The van der Waals surface area contributed by atoms with Gasteiger partial charge in [0.1, 0.15) is 12.2 Å². The lowest BCUT2D eigenvalue weighted by Crippen LogP contribution is -2.33. The van der Waals surface area contributed by atoms with Crippen molar-refractivity contribution in [3.8, 4) is 11.5 Å². The van der Waals surface area contributed by atoms with Crippen molar-refractivity contribution in [3.05, 3.63) is 58.1 Å². The molecule has 2 aromatic rings. The fourth-order valence-corrected chi connectivity index (χ4v) is 2.37. The maximum Gasteiger partial charge on any atom is 0.286 e. The molecule has 29 heavy (non-hydrogen) atoms. The summed E-state index contributed by atoms with van der Waals surface area (Å²) >= 11 is 0. The van der Waals surface area contributed by atoms with Gasteiger partial charge in [-0.05, 0) is 12.1 Å². The number of methoxy groups -OCH3 is 2. The SMILES string of the molecule is COCCOc1cc([N+](=O)[O-])c(C(=O)NCC(=O)Nc2ccccc2)cc1OC. The van der Waals surface area contributed by atoms with Crippen molar-refractivity contribution in [2.24, 2.45) is 0 Å². The van der Waals surface area contributed by atoms with Crippen LogP contribution in [0.4, 0.5) is 11.4 Å². The van der Waals surface area contributed by atoms with Crippen molar-refractivity contribution in [2.75, 3.05) is 39.3 Å². The quantitative estimate of drug-likeness (QED) is 0.353.